The van der Waals surface area contributed by atoms with Gasteiger partial charge in [-0.2, -0.15) is 0 Å². The lowest BCUT2D eigenvalue weighted by atomic mass is 10.4. The van der Waals surface area contributed by atoms with Crippen LogP contribution in [0.25, 0.3) is 0 Å². The lowest BCUT2D eigenvalue weighted by Gasteiger charge is -2.02. The van der Waals surface area contributed by atoms with Gasteiger partial charge in [0.2, 0.25) is 0 Å². The molecule has 66 valence electrons. The zero-order chi connectivity index (χ0) is 9.14. The van der Waals surface area contributed by atoms with Crippen LogP contribution in [0.3, 0.4) is 0 Å². The summed E-state index contributed by atoms with van der Waals surface area (Å²) in [6.45, 7) is 1.93. The second-order valence-electron chi connectivity index (χ2n) is 2.47. The highest BCUT2D eigenvalue weighted by molar-refractivity contribution is 7.71. The summed E-state index contributed by atoms with van der Waals surface area (Å²) < 4.78 is 1.68. The van der Waals surface area contributed by atoms with Crippen molar-refractivity contribution in [3.8, 4) is 0 Å². The van der Waals surface area contributed by atoms with E-state index in [1.165, 1.54) is 10.6 Å². The number of aliphatic hydroxyl groups is 1. The number of aromatic amines is 1. The number of hydrogen-bond donors (Lipinski definition) is 2. The molecule has 2 N–H and O–H groups in total. The van der Waals surface area contributed by atoms with Crippen molar-refractivity contribution in [1.29, 1.82) is 0 Å². The molecular weight excluding hydrogens is 176 g/mol. The molecule has 12 heavy (non-hydrogen) atoms. The van der Waals surface area contributed by atoms with Crippen LogP contribution in [0.2, 0.25) is 0 Å². The van der Waals surface area contributed by atoms with E-state index in [4.69, 9.17) is 17.3 Å². The molecule has 5 heteroatoms. The number of hydrogen-bond acceptors (Lipinski definition) is 3. The summed E-state index contributed by atoms with van der Waals surface area (Å²) in [5.74, 6) is 0. The first-order chi connectivity index (χ1) is 5.65. The lowest BCUT2D eigenvalue weighted by Crippen LogP contribution is -2.23. The zero-order valence-corrected chi connectivity index (χ0v) is 7.52. The molecule has 1 rings (SSSR count). The summed E-state index contributed by atoms with van der Waals surface area (Å²) in [6, 6.07) is 1.45. The molecule has 0 aliphatic heterocycles. The van der Waals surface area contributed by atoms with Crippen LogP contribution >= 0.6 is 12.2 Å². The fraction of sp³-hybridized carbons (Fsp3) is 0.429. The first-order valence-corrected chi connectivity index (χ1v) is 3.97. The Morgan fingerprint density at radius 2 is 2.42 bits per heavy atom. The highest BCUT2D eigenvalue weighted by Gasteiger charge is 1.97. The van der Waals surface area contributed by atoms with E-state index in [2.05, 4.69) is 4.98 Å². The number of aliphatic hydroxyl groups excluding tert-OH is 1. The predicted octanol–water partition coefficient (Wildman–Crippen LogP) is 0.207. The summed E-state index contributed by atoms with van der Waals surface area (Å²) in [5.41, 5.74) is 0.560. The second kappa shape index (κ2) is 3.64. The van der Waals surface area contributed by atoms with Gasteiger partial charge in [0, 0.05) is 11.8 Å². The van der Waals surface area contributed by atoms with E-state index in [-0.39, 0.29) is 18.7 Å². The molecule has 0 bridgehead atoms. The van der Waals surface area contributed by atoms with Gasteiger partial charge in [0.05, 0.1) is 13.2 Å². The Kier molecular flexibility index (Phi) is 2.78. The lowest BCUT2D eigenvalue weighted by molar-refractivity contribution is 0.272. The van der Waals surface area contributed by atoms with E-state index in [1.54, 1.807) is 6.92 Å². The first kappa shape index (κ1) is 9.15. The van der Waals surface area contributed by atoms with Gasteiger partial charge in [-0.3, -0.25) is 9.36 Å². The Balaban J connectivity index is 3.29. The fourth-order valence-electron chi connectivity index (χ4n) is 0.947. The predicted molar refractivity (Wildman–Crippen MR) is 47.7 cm³/mol. The molecule has 0 atom stereocenters. The van der Waals surface area contributed by atoms with E-state index in [0.717, 1.165) is 5.69 Å². The largest absolute Gasteiger partial charge is 0.395 e. The smallest absolute Gasteiger partial charge is 0.254 e. The molecule has 0 aromatic carbocycles. The molecule has 0 aliphatic rings. The van der Waals surface area contributed by atoms with Crippen LogP contribution in [0.5, 0.6) is 0 Å². The van der Waals surface area contributed by atoms with Crippen molar-refractivity contribution < 1.29 is 5.11 Å². The minimum absolute atomic E-state index is 0.0829. The van der Waals surface area contributed by atoms with Crippen molar-refractivity contribution in [2.75, 3.05) is 6.61 Å². The third kappa shape index (κ3) is 1.80. The van der Waals surface area contributed by atoms with Crippen LogP contribution in [-0.4, -0.2) is 21.3 Å². The van der Waals surface area contributed by atoms with Crippen LogP contribution in [0.1, 0.15) is 5.69 Å². The molecular formula is C7H10N2O2S. The molecule has 0 aliphatic carbocycles. The fourth-order valence-corrected chi connectivity index (χ4v) is 1.29. The van der Waals surface area contributed by atoms with Crippen molar-refractivity contribution in [2.45, 2.75) is 13.5 Å². The van der Waals surface area contributed by atoms with Gasteiger partial charge >= 0.3 is 0 Å². The quantitative estimate of drug-likeness (QED) is 0.649. The van der Waals surface area contributed by atoms with Gasteiger partial charge < -0.3 is 10.1 Å². The van der Waals surface area contributed by atoms with Gasteiger partial charge in [-0.1, -0.05) is 0 Å². The molecule has 0 radical (unpaired) electrons. The van der Waals surface area contributed by atoms with Gasteiger partial charge in [-0.05, 0) is 19.1 Å². The summed E-state index contributed by atoms with van der Waals surface area (Å²) >= 11 is 4.89. The summed E-state index contributed by atoms with van der Waals surface area (Å²) in [6.07, 6.45) is 0. The van der Waals surface area contributed by atoms with E-state index < -0.39 is 0 Å². The normalized spacial score (nSPS) is 10.2. The van der Waals surface area contributed by atoms with Crippen LogP contribution in [0.4, 0.5) is 0 Å². The maximum absolute atomic E-state index is 11.2. The van der Waals surface area contributed by atoms with Crippen LogP contribution in [0.15, 0.2) is 10.9 Å². The standard InChI is InChI=1S/C7H10N2O2S/c1-5-4-6(11)9(2-3-10)7(12)8-5/h4,10H,2-3H2,1H3,(H,8,12). The third-order valence-electron chi connectivity index (χ3n) is 1.48. The van der Waals surface area contributed by atoms with Gasteiger partial charge in [-0.25, -0.2) is 0 Å². The van der Waals surface area contributed by atoms with Crippen molar-refractivity contribution in [1.82, 2.24) is 9.55 Å². The number of nitrogens with one attached hydrogen (secondary N) is 1. The van der Waals surface area contributed by atoms with E-state index in [1.807, 2.05) is 0 Å². The second-order valence-corrected chi connectivity index (χ2v) is 2.86. The molecule has 0 saturated carbocycles. The Bertz CT molecular complexity index is 348. The summed E-state index contributed by atoms with van der Waals surface area (Å²) in [5, 5.41) is 8.62. The summed E-state index contributed by atoms with van der Waals surface area (Å²) in [4.78, 5) is 14.0. The van der Waals surface area contributed by atoms with E-state index >= 15 is 0 Å². The molecule has 1 aromatic heterocycles. The number of aromatic nitrogens is 2. The molecule has 1 heterocycles. The molecule has 0 saturated heterocycles. The van der Waals surface area contributed by atoms with Crippen LogP contribution in [0, 0.1) is 11.7 Å². The highest BCUT2D eigenvalue weighted by atomic mass is 32.1. The first-order valence-electron chi connectivity index (χ1n) is 3.57. The van der Waals surface area contributed by atoms with Crippen LogP contribution in [-0.2, 0) is 6.54 Å². The van der Waals surface area contributed by atoms with E-state index in [0.29, 0.717) is 4.77 Å². The molecule has 0 amide bonds. The number of rotatable bonds is 2. The molecule has 4 nitrogen and oxygen atoms in total. The molecule has 0 spiro atoms. The van der Waals surface area contributed by atoms with Crippen molar-refractivity contribution in [2.24, 2.45) is 0 Å². The van der Waals surface area contributed by atoms with Gasteiger partial charge in [0.1, 0.15) is 0 Å². The van der Waals surface area contributed by atoms with Crippen molar-refractivity contribution in [3.63, 3.8) is 0 Å². The number of aryl methyl sites for hydroxylation is 1. The van der Waals surface area contributed by atoms with Crippen molar-refractivity contribution >= 4 is 12.2 Å². The zero-order valence-electron chi connectivity index (χ0n) is 6.70. The number of nitrogens with zero attached hydrogens (tertiary/aromatic N) is 1. The Labute approximate surface area is 74.5 Å². The third-order valence-corrected chi connectivity index (χ3v) is 1.80. The Morgan fingerprint density at radius 3 is 2.92 bits per heavy atom. The van der Waals surface area contributed by atoms with E-state index in [9.17, 15) is 4.79 Å². The highest BCUT2D eigenvalue weighted by Crippen LogP contribution is 1.88. The van der Waals surface area contributed by atoms with Gasteiger partial charge in [0.25, 0.3) is 5.56 Å². The maximum atomic E-state index is 11.2. The Morgan fingerprint density at radius 1 is 1.75 bits per heavy atom. The minimum atomic E-state index is -0.176. The molecule has 0 unspecified atom stereocenters. The van der Waals surface area contributed by atoms with Gasteiger partial charge in [0.15, 0.2) is 4.77 Å². The average Bonchev–Trinajstić information content (AvgIpc) is 1.96. The SMILES string of the molecule is Cc1cc(=O)n(CCO)c(=S)[nH]1. The molecule has 0 fully saturated rings. The minimum Gasteiger partial charge on any atom is -0.395 e. The van der Waals surface area contributed by atoms with Crippen LogP contribution < -0.4 is 5.56 Å². The summed E-state index contributed by atoms with van der Waals surface area (Å²) in [7, 11) is 0. The topological polar surface area (TPSA) is 58.0 Å². The van der Waals surface area contributed by atoms with Crippen molar-refractivity contribution in [3.05, 3.63) is 26.9 Å². The Hall–Kier alpha value is -0.940. The number of H-pyrrole nitrogens is 1. The maximum Gasteiger partial charge on any atom is 0.254 e. The molecule has 1 aromatic rings. The van der Waals surface area contributed by atoms with Gasteiger partial charge in [-0.15, -0.1) is 0 Å². The monoisotopic (exact) mass is 186 g/mol. The average molecular weight is 186 g/mol.